The van der Waals surface area contributed by atoms with E-state index < -0.39 is 22.5 Å². The van der Waals surface area contributed by atoms with Crippen molar-refractivity contribution < 1.29 is 24.4 Å². The smallest absolute Gasteiger partial charge is 0.338 e. The van der Waals surface area contributed by atoms with Gasteiger partial charge in [0.05, 0.1) is 10.5 Å². The van der Waals surface area contributed by atoms with Gasteiger partial charge in [-0.1, -0.05) is 6.07 Å². The van der Waals surface area contributed by atoms with E-state index in [-0.39, 0.29) is 29.7 Å². The lowest BCUT2D eigenvalue weighted by Gasteiger charge is -2.19. The molecular weight excluding hydrogens is 278 g/mol. The lowest BCUT2D eigenvalue weighted by atomic mass is 10.0. The maximum Gasteiger partial charge on any atom is 0.338 e. The van der Waals surface area contributed by atoms with Crippen molar-refractivity contribution in [2.45, 2.75) is 39.2 Å². The zero-order valence-electron chi connectivity index (χ0n) is 12.1. The minimum Gasteiger partial charge on any atom is -0.481 e. The van der Waals surface area contributed by atoms with Crippen molar-refractivity contribution in [1.82, 2.24) is 0 Å². The van der Waals surface area contributed by atoms with Gasteiger partial charge in [-0.25, -0.2) is 4.79 Å². The van der Waals surface area contributed by atoms with Crippen LogP contribution in [-0.2, 0) is 16.0 Å². The van der Waals surface area contributed by atoms with E-state index >= 15 is 0 Å². The minimum atomic E-state index is -1.04. The number of carboxylic acids is 1. The van der Waals surface area contributed by atoms with E-state index in [1.165, 1.54) is 12.1 Å². The van der Waals surface area contributed by atoms with Crippen molar-refractivity contribution >= 4 is 17.6 Å². The molecule has 0 aliphatic rings. The molecule has 0 aromatic heterocycles. The quantitative estimate of drug-likeness (QED) is 0.508. The highest BCUT2D eigenvalue weighted by molar-refractivity contribution is 5.90. The van der Waals surface area contributed by atoms with Crippen LogP contribution in [-0.4, -0.2) is 27.6 Å². The van der Waals surface area contributed by atoms with E-state index in [0.29, 0.717) is 0 Å². The monoisotopic (exact) mass is 295 g/mol. The molecule has 7 nitrogen and oxygen atoms in total. The molecule has 0 unspecified atom stereocenters. The number of carbonyl (C=O) groups excluding carboxylic acids is 1. The van der Waals surface area contributed by atoms with Gasteiger partial charge in [0.25, 0.3) is 5.69 Å². The SMILES string of the molecule is CC(C)(C)OC(=O)c1ccc(CCC(=O)O)c([N+](=O)[O-])c1. The molecule has 1 N–H and O–H groups in total. The Hall–Kier alpha value is -2.44. The average molecular weight is 295 g/mol. The molecule has 21 heavy (non-hydrogen) atoms. The van der Waals surface area contributed by atoms with Crippen LogP contribution in [0, 0.1) is 10.1 Å². The summed E-state index contributed by atoms with van der Waals surface area (Å²) in [6.07, 6.45) is -0.188. The molecule has 1 aromatic rings. The van der Waals surface area contributed by atoms with Crippen LogP contribution >= 0.6 is 0 Å². The largest absolute Gasteiger partial charge is 0.481 e. The fourth-order valence-electron chi connectivity index (χ4n) is 1.65. The van der Waals surface area contributed by atoms with Crippen LogP contribution in [0.3, 0.4) is 0 Å². The number of aliphatic carboxylic acids is 1. The predicted molar refractivity (Wildman–Crippen MR) is 74.2 cm³/mol. The number of aryl methyl sites for hydroxylation is 1. The molecule has 0 saturated heterocycles. The summed E-state index contributed by atoms with van der Waals surface area (Å²) in [6.45, 7) is 5.08. The molecule has 7 heteroatoms. The third kappa shape index (κ3) is 5.21. The Balaban J connectivity index is 3.05. The van der Waals surface area contributed by atoms with Crippen LogP contribution in [0.2, 0.25) is 0 Å². The molecule has 1 rings (SSSR count). The first-order chi connectivity index (χ1) is 9.60. The standard InChI is InChI=1S/C14H17NO6/c1-14(2,3)21-13(18)10-5-4-9(6-7-12(16)17)11(8-10)15(19)20/h4-5,8H,6-7H2,1-3H3,(H,16,17). The Kier molecular flexibility index (Phi) is 5.02. The molecule has 0 fully saturated rings. The number of carbonyl (C=O) groups is 2. The summed E-state index contributed by atoms with van der Waals surface area (Å²) >= 11 is 0. The number of nitro groups is 1. The van der Waals surface area contributed by atoms with E-state index in [0.717, 1.165) is 6.07 Å². The van der Waals surface area contributed by atoms with E-state index in [2.05, 4.69) is 0 Å². The lowest BCUT2D eigenvalue weighted by molar-refractivity contribution is -0.385. The number of hydrogen-bond acceptors (Lipinski definition) is 5. The van der Waals surface area contributed by atoms with Crippen molar-refractivity contribution in [3.8, 4) is 0 Å². The van der Waals surface area contributed by atoms with Crippen molar-refractivity contribution in [2.75, 3.05) is 0 Å². The third-order valence-corrected chi connectivity index (χ3v) is 2.52. The van der Waals surface area contributed by atoms with Crippen molar-refractivity contribution in [3.63, 3.8) is 0 Å². The Bertz CT molecular complexity index is 573. The summed E-state index contributed by atoms with van der Waals surface area (Å²) < 4.78 is 5.14. The molecule has 1 aromatic carbocycles. The van der Waals surface area contributed by atoms with E-state index in [4.69, 9.17) is 9.84 Å². The summed E-state index contributed by atoms with van der Waals surface area (Å²) in [6, 6.07) is 3.91. The molecule has 0 saturated carbocycles. The maximum absolute atomic E-state index is 11.9. The third-order valence-electron chi connectivity index (χ3n) is 2.52. The van der Waals surface area contributed by atoms with Crippen molar-refractivity contribution in [1.29, 1.82) is 0 Å². The molecular formula is C14H17NO6. The number of benzene rings is 1. The Morgan fingerprint density at radius 2 is 1.95 bits per heavy atom. The number of nitro benzene ring substituents is 1. The van der Waals surface area contributed by atoms with Crippen LogP contribution in [0.25, 0.3) is 0 Å². The van der Waals surface area contributed by atoms with E-state index in [1.807, 2.05) is 0 Å². The van der Waals surface area contributed by atoms with Gasteiger partial charge >= 0.3 is 11.9 Å². The summed E-state index contributed by atoms with van der Waals surface area (Å²) in [5.41, 5.74) is -0.640. The maximum atomic E-state index is 11.9. The van der Waals surface area contributed by atoms with Crippen LogP contribution < -0.4 is 0 Å². The molecule has 114 valence electrons. The second kappa shape index (κ2) is 6.34. The Morgan fingerprint density at radius 3 is 2.43 bits per heavy atom. The van der Waals surface area contributed by atoms with Gasteiger partial charge in [-0.2, -0.15) is 0 Å². The highest BCUT2D eigenvalue weighted by atomic mass is 16.6. The molecule has 0 bridgehead atoms. The van der Waals surface area contributed by atoms with Crippen LogP contribution in [0.4, 0.5) is 5.69 Å². The summed E-state index contributed by atoms with van der Waals surface area (Å²) in [7, 11) is 0. The van der Waals surface area contributed by atoms with Crippen LogP contribution in [0.15, 0.2) is 18.2 Å². The van der Waals surface area contributed by atoms with Gasteiger partial charge in [0.2, 0.25) is 0 Å². The number of rotatable bonds is 5. The molecule has 0 aliphatic heterocycles. The summed E-state index contributed by atoms with van der Waals surface area (Å²) in [5, 5.41) is 19.7. The topological polar surface area (TPSA) is 107 Å². The summed E-state index contributed by atoms with van der Waals surface area (Å²) in [4.78, 5) is 32.8. The number of esters is 1. The zero-order valence-corrected chi connectivity index (χ0v) is 12.1. The Morgan fingerprint density at radius 1 is 1.33 bits per heavy atom. The van der Waals surface area contributed by atoms with Crippen LogP contribution in [0.5, 0.6) is 0 Å². The van der Waals surface area contributed by atoms with Gasteiger partial charge in [0.1, 0.15) is 5.60 Å². The first-order valence-corrected chi connectivity index (χ1v) is 6.32. The number of ether oxygens (including phenoxy) is 1. The van der Waals surface area contributed by atoms with Gasteiger partial charge in [-0.3, -0.25) is 14.9 Å². The van der Waals surface area contributed by atoms with Gasteiger partial charge in [-0.05, 0) is 33.3 Å². The molecule has 0 heterocycles. The number of hydrogen-bond donors (Lipinski definition) is 1. The summed E-state index contributed by atoms with van der Waals surface area (Å²) in [5.74, 6) is -1.70. The second-order valence-corrected chi connectivity index (χ2v) is 5.50. The molecule has 0 spiro atoms. The molecule has 0 radical (unpaired) electrons. The first kappa shape index (κ1) is 16.6. The first-order valence-electron chi connectivity index (χ1n) is 6.32. The lowest BCUT2D eigenvalue weighted by Crippen LogP contribution is -2.24. The molecule has 0 amide bonds. The molecule has 0 atom stereocenters. The average Bonchev–Trinajstić information content (AvgIpc) is 2.33. The zero-order chi connectivity index (χ0) is 16.2. The van der Waals surface area contributed by atoms with Crippen molar-refractivity contribution in [3.05, 3.63) is 39.4 Å². The van der Waals surface area contributed by atoms with Gasteiger partial charge in [-0.15, -0.1) is 0 Å². The van der Waals surface area contributed by atoms with E-state index in [9.17, 15) is 19.7 Å². The number of carboxylic acid groups (broad SMARTS) is 1. The number of nitrogens with zero attached hydrogens (tertiary/aromatic N) is 1. The fourth-order valence-corrected chi connectivity index (χ4v) is 1.65. The van der Waals surface area contributed by atoms with E-state index in [1.54, 1.807) is 20.8 Å². The fraction of sp³-hybridized carbons (Fsp3) is 0.429. The normalized spacial score (nSPS) is 11.0. The molecule has 0 aliphatic carbocycles. The van der Waals surface area contributed by atoms with Gasteiger partial charge in [0.15, 0.2) is 0 Å². The highest BCUT2D eigenvalue weighted by Gasteiger charge is 2.22. The van der Waals surface area contributed by atoms with Crippen molar-refractivity contribution in [2.24, 2.45) is 0 Å². The Labute approximate surface area is 121 Å². The highest BCUT2D eigenvalue weighted by Crippen LogP contribution is 2.23. The van der Waals surface area contributed by atoms with Crippen LogP contribution in [0.1, 0.15) is 43.1 Å². The van der Waals surface area contributed by atoms with Gasteiger partial charge in [0, 0.05) is 18.1 Å². The second-order valence-electron chi connectivity index (χ2n) is 5.50. The minimum absolute atomic E-state index is 0.0280. The van der Waals surface area contributed by atoms with Gasteiger partial charge < -0.3 is 9.84 Å². The predicted octanol–water partition coefficient (Wildman–Crippen LogP) is 2.57.